The summed E-state index contributed by atoms with van der Waals surface area (Å²) in [7, 11) is 1.65. The minimum Gasteiger partial charge on any atom is -0.486 e. The summed E-state index contributed by atoms with van der Waals surface area (Å²) >= 11 is 0. The Morgan fingerprint density at radius 2 is 2.09 bits per heavy atom. The standard InChI is InChI=1S/C25H25F2N5O3/c1-14(17-5-4-6-20-21(17)35-12-25(20,26)27)30-22-19-11-18(16-7-9-32(10-8-16)15(2)33)24(34)31(3)23(19)29-13-28-22/h4-7,11,13-14H,8-10,12H2,1-3H3,(H,28,29,30)/t14-/m1/s1. The van der Waals surface area contributed by atoms with Crippen molar-refractivity contribution < 1.29 is 18.3 Å². The van der Waals surface area contributed by atoms with E-state index < -0.39 is 18.6 Å². The van der Waals surface area contributed by atoms with Gasteiger partial charge < -0.3 is 15.0 Å². The number of hydrogen-bond acceptors (Lipinski definition) is 6. The maximum Gasteiger partial charge on any atom is 0.310 e. The summed E-state index contributed by atoms with van der Waals surface area (Å²) in [6.07, 6.45) is 3.83. The third-order valence-corrected chi connectivity index (χ3v) is 6.66. The number of anilines is 1. The van der Waals surface area contributed by atoms with Crippen LogP contribution in [0.1, 0.15) is 43.0 Å². The third kappa shape index (κ3) is 3.92. The van der Waals surface area contributed by atoms with Gasteiger partial charge in [0.1, 0.15) is 23.5 Å². The molecule has 0 unspecified atom stereocenters. The third-order valence-electron chi connectivity index (χ3n) is 6.66. The van der Waals surface area contributed by atoms with Crippen molar-refractivity contribution in [3.63, 3.8) is 0 Å². The molecule has 0 saturated heterocycles. The number of halogens is 2. The lowest BCUT2D eigenvalue weighted by molar-refractivity contribution is -0.128. The first-order valence-corrected chi connectivity index (χ1v) is 11.4. The summed E-state index contributed by atoms with van der Waals surface area (Å²) in [5, 5.41) is 3.92. The number of aromatic nitrogens is 3. The highest BCUT2D eigenvalue weighted by Crippen LogP contribution is 2.45. The molecule has 0 fully saturated rings. The van der Waals surface area contributed by atoms with Gasteiger partial charge in [-0.15, -0.1) is 0 Å². The first-order chi connectivity index (χ1) is 16.7. The van der Waals surface area contributed by atoms with Crippen LogP contribution in [0.3, 0.4) is 0 Å². The second kappa shape index (κ2) is 8.44. The molecule has 3 aromatic rings. The maximum atomic E-state index is 14.2. The van der Waals surface area contributed by atoms with Crippen LogP contribution in [0.15, 0.2) is 41.5 Å². The molecule has 0 radical (unpaired) electrons. The van der Waals surface area contributed by atoms with Gasteiger partial charge in [-0.2, -0.15) is 8.78 Å². The van der Waals surface area contributed by atoms with Crippen LogP contribution < -0.4 is 15.6 Å². The Morgan fingerprint density at radius 3 is 2.80 bits per heavy atom. The van der Waals surface area contributed by atoms with E-state index in [1.807, 2.05) is 13.0 Å². The number of benzene rings is 1. The molecule has 2 aliphatic heterocycles. The summed E-state index contributed by atoms with van der Waals surface area (Å²) in [6, 6.07) is 6.08. The molecule has 1 atom stereocenters. The molecule has 5 rings (SSSR count). The number of carbonyl (C=O) groups excluding carboxylic acids is 1. The summed E-state index contributed by atoms with van der Waals surface area (Å²) < 4.78 is 35.1. The predicted molar refractivity (Wildman–Crippen MR) is 127 cm³/mol. The molecule has 1 N–H and O–H groups in total. The largest absolute Gasteiger partial charge is 0.486 e. The summed E-state index contributed by atoms with van der Waals surface area (Å²) in [4.78, 5) is 35.2. The van der Waals surface area contributed by atoms with Gasteiger partial charge in [0.15, 0.2) is 6.61 Å². The van der Waals surface area contributed by atoms with Gasteiger partial charge in [0.2, 0.25) is 5.91 Å². The van der Waals surface area contributed by atoms with E-state index in [1.54, 1.807) is 30.1 Å². The molecule has 0 aliphatic carbocycles. The molecule has 35 heavy (non-hydrogen) atoms. The van der Waals surface area contributed by atoms with E-state index >= 15 is 0 Å². The molecule has 2 aliphatic rings. The zero-order valence-electron chi connectivity index (χ0n) is 19.6. The van der Waals surface area contributed by atoms with E-state index in [0.29, 0.717) is 47.5 Å². The van der Waals surface area contributed by atoms with Crippen molar-refractivity contribution >= 4 is 28.3 Å². The Hall–Kier alpha value is -3.82. The van der Waals surface area contributed by atoms with E-state index in [4.69, 9.17) is 4.74 Å². The Labute approximate surface area is 200 Å². The molecular formula is C25H25F2N5O3. The van der Waals surface area contributed by atoms with Gasteiger partial charge in [-0.1, -0.05) is 18.2 Å². The average molecular weight is 482 g/mol. The van der Waals surface area contributed by atoms with Crippen molar-refractivity contribution in [2.24, 2.45) is 7.05 Å². The number of amides is 1. The van der Waals surface area contributed by atoms with Crippen molar-refractivity contribution in [2.75, 3.05) is 25.0 Å². The number of aryl methyl sites for hydroxylation is 1. The fourth-order valence-electron chi connectivity index (χ4n) is 4.68. The number of fused-ring (bicyclic) bond motifs is 2. The smallest absolute Gasteiger partial charge is 0.310 e. The SMILES string of the molecule is CC(=O)N1CC=C(c2cc3c(N[C@H](C)c4cccc5c4OCC5(F)F)ncnc3n(C)c2=O)CC1. The fraction of sp³-hybridized carbons (Fsp3) is 0.360. The van der Waals surface area contributed by atoms with E-state index in [1.165, 1.54) is 23.9 Å². The van der Waals surface area contributed by atoms with Crippen LogP contribution in [-0.2, 0) is 17.8 Å². The second-order valence-corrected chi connectivity index (χ2v) is 8.91. The van der Waals surface area contributed by atoms with Crippen LogP contribution in [0.4, 0.5) is 14.6 Å². The van der Waals surface area contributed by atoms with Crippen molar-refractivity contribution in [2.45, 2.75) is 32.2 Å². The van der Waals surface area contributed by atoms with Crippen LogP contribution in [0.25, 0.3) is 16.6 Å². The Kier molecular flexibility index (Phi) is 5.53. The molecule has 2 aromatic heterocycles. The molecule has 0 saturated carbocycles. The Morgan fingerprint density at radius 1 is 1.29 bits per heavy atom. The van der Waals surface area contributed by atoms with Gasteiger partial charge in [-0.25, -0.2) is 9.97 Å². The highest BCUT2D eigenvalue weighted by atomic mass is 19.3. The number of hydrogen-bond donors (Lipinski definition) is 1. The highest BCUT2D eigenvalue weighted by Gasteiger charge is 2.42. The number of alkyl halides is 2. The number of rotatable bonds is 4. The van der Waals surface area contributed by atoms with E-state index in [2.05, 4.69) is 15.3 Å². The average Bonchev–Trinajstić information content (AvgIpc) is 3.16. The van der Waals surface area contributed by atoms with Crippen LogP contribution in [0, 0.1) is 0 Å². The van der Waals surface area contributed by atoms with Crippen molar-refractivity contribution in [3.05, 3.63) is 63.7 Å². The fourth-order valence-corrected chi connectivity index (χ4v) is 4.68. The maximum absolute atomic E-state index is 14.2. The molecule has 10 heteroatoms. The predicted octanol–water partition coefficient (Wildman–Crippen LogP) is 3.62. The van der Waals surface area contributed by atoms with Gasteiger partial charge in [0, 0.05) is 38.2 Å². The molecule has 0 spiro atoms. The van der Waals surface area contributed by atoms with Crippen LogP contribution in [0.5, 0.6) is 5.75 Å². The number of pyridine rings is 1. The molecule has 0 bridgehead atoms. The molecule has 8 nitrogen and oxygen atoms in total. The number of nitrogens with one attached hydrogen (secondary N) is 1. The van der Waals surface area contributed by atoms with Crippen LogP contribution >= 0.6 is 0 Å². The zero-order chi connectivity index (χ0) is 24.9. The number of ether oxygens (including phenoxy) is 1. The highest BCUT2D eigenvalue weighted by molar-refractivity contribution is 5.89. The number of para-hydroxylation sites is 1. The molecular weight excluding hydrogens is 456 g/mol. The van der Waals surface area contributed by atoms with Gasteiger partial charge in [0.25, 0.3) is 5.56 Å². The minimum absolute atomic E-state index is 0.00488. The van der Waals surface area contributed by atoms with E-state index in [-0.39, 0.29) is 22.8 Å². The lowest BCUT2D eigenvalue weighted by Gasteiger charge is -2.25. The van der Waals surface area contributed by atoms with Gasteiger partial charge in [-0.3, -0.25) is 14.2 Å². The molecule has 182 valence electrons. The topological polar surface area (TPSA) is 89.3 Å². The van der Waals surface area contributed by atoms with Gasteiger partial charge in [-0.05, 0) is 31.1 Å². The van der Waals surface area contributed by atoms with Crippen molar-refractivity contribution in [1.82, 2.24) is 19.4 Å². The summed E-state index contributed by atoms with van der Waals surface area (Å²) in [5.41, 5.74) is 2.13. The number of nitrogens with zero attached hydrogens (tertiary/aromatic N) is 4. The van der Waals surface area contributed by atoms with Crippen LogP contribution in [-0.4, -0.2) is 45.0 Å². The van der Waals surface area contributed by atoms with Crippen LogP contribution in [0.2, 0.25) is 0 Å². The number of carbonyl (C=O) groups is 1. The monoisotopic (exact) mass is 481 g/mol. The van der Waals surface area contributed by atoms with Crippen molar-refractivity contribution in [1.29, 1.82) is 0 Å². The quantitative estimate of drug-likeness (QED) is 0.612. The first kappa shape index (κ1) is 22.9. The van der Waals surface area contributed by atoms with Gasteiger partial charge >= 0.3 is 5.92 Å². The molecule has 1 amide bonds. The summed E-state index contributed by atoms with van der Waals surface area (Å²) in [6.45, 7) is 3.68. The lowest BCUT2D eigenvalue weighted by atomic mass is 9.99. The van der Waals surface area contributed by atoms with E-state index in [0.717, 1.165) is 5.57 Å². The molecule has 4 heterocycles. The normalized spacial score (nSPS) is 17.5. The zero-order valence-corrected chi connectivity index (χ0v) is 19.6. The van der Waals surface area contributed by atoms with Gasteiger partial charge in [0.05, 0.1) is 17.0 Å². The summed E-state index contributed by atoms with van der Waals surface area (Å²) in [5.74, 6) is -2.37. The first-order valence-electron chi connectivity index (χ1n) is 11.4. The molecule has 1 aromatic carbocycles. The lowest BCUT2D eigenvalue weighted by Crippen LogP contribution is -2.33. The van der Waals surface area contributed by atoms with Crippen molar-refractivity contribution in [3.8, 4) is 5.75 Å². The van der Waals surface area contributed by atoms with E-state index in [9.17, 15) is 18.4 Å². The minimum atomic E-state index is -3.02. The Bertz CT molecular complexity index is 1430. The second-order valence-electron chi connectivity index (χ2n) is 8.91. The Balaban J connectivity index is 1.53.